The largest absolute Gasteiger partial charge is 0.416 e. The maximum Gasteiger partial charge on any atom is 0.416 e. The number of anilines is 1. The number of hydrogen-bond donors (Lipinski definition) is 0. The van der Waals surface area contributed by atoms with E-state index in [9.17, 15) is 23.3 Å². The maximum atomic E-state index is 12.7. The van der Waals surface area contributed by atoms with Crippen molar-refractivity contribution in [2.45, 2.75) is 6.18 Å². The van der Waals surface area contributed by atoms with Gasteiger partial charge in [-0.25, -0.2) is 4.98 Å². The fraction of sp³-hybridized carbons (Fsp3) is 0.167. The molecule has 9 heteroatoms. The Morgan fingerprint density at radius 1 is 1.11 bits per heavy atom. The van der Waals surface area contributed by atoms with Gasteiger partial charge < -0.3 is 9.47 Å². The van der Waals surface area contributed by atoms with Crippen molar-refractivity contribution in [2.24, 2.45) is 0 Å². The number of hydrogen-bond acceptors (Lipinski definition) is 4. The summed E-state index contributed by atoms with van der Waals surface area (Å²) < 4.78 is 39.7. The lowest BCUT2D eigenvalue weighted by Crippen LogP contribution is -2.12. The number of nitrogens with zero attached hydrogens (tertiary/aromatic N) is 4. The van der Waals surface area contributed by atoms with E-state index in [1.807, 2.05) is 0 Å². The summed E-state index contributed by atoms with van der Waals surface area (Å²) >= 11 is 0. The summed E-state index contributed by atoms with van der Waals surface area (Å²) in [5.41, 5.74) is 1.44. The van der Waals surface area contributed by atoms with Gasteiger partial charge in [0.05, 0.1) is 33.9 Å². The monoisotopic (exact) mass is 376 g/mol. The zero-order valence-corrected chi connectivity index (χ0v) is 14.4. The van der Waals surface area contributed by atoms with E-state index in [4.69, 9.17) is 0 Å². The Morgan fingerprint density at radius 3 is 2.33 bits per heavy atom. The van der Waals surface area contributed by atoms with Crippen molar-refractivity contribution in [2.75, 3.05) is 19.0 Å². The first kappa shape index (κ1) is 18.4. The van der Waals surface area contributed by atoms with E-state index in [0.717, 1.165) is 17.8 Å². The molecule has 140 valence electrons. The molecule has 0 aliphatic carbocycles. The van der Waals surface area contributed by atoms with Crippen LogP contribution in [0.5, 0.6) is 0 Å². The van der Waals surface area contributed by atoms with Crippen LogP contribution in [-0.2, 0) is 6.18 Å². The Labute approximate surface area is 152 Å². The van der Waals surface area contributed by atoms with E-state index >= 15 is 0 Å². The summed E-state index contributed by atoms with van der Waals surface area (Å²) in [5.74, 6) is 0. The molecule has 0 N–H and O–H groups in total. The van der Waals surface area contributed by atoms with Crippen LogP contribution in [0, 0.1) is 10.1 Å². The lowest BCUT2D eigenvalue weighted by Gasteiger charge is -2.17. The fourth-order valence-electron chi connectivity index (χ4n) is 2.64. The second-order valence-corrected chi connectivity index (χ2v) is 6.07. The molecule has 0 saturated heterocycles. The zero-order chi connectivity index (χ0) is 19.8. The minimum absolute atomic E-state index is 0.0691. The van der Waals surface area contributed by atoms with Crippen LogP contribution in [0.15, 0.2) is 55.0 Å². The van der Waals surface area contributed by atoms with Crippen LogP contribution in [0.3, 0.4) is 0 Å². The van der Waals surface area contributed by atoms with Crippen LogP contribution in [0.4, 0.5) is 24.5 Å². The van der Waals surface area contributed by atoms with Crippen molar-refractivity contribution >= 4 is 11.4 Å². The lowest BCUT2D eigenvalue weighted by atomic mass is 10.1. The van der Waals surface area contributed by atoms with E-state index in [0.29, 0.717) is 16.9 Å². The number of alkyl halides is 3. The van der Waals surface area contributed by atoms with Crippen LogP contribution in [-0.4, -0.2) is 28.6 Å². The quantitative estimate of drug-likeness (QED) is 0.496. The molecule has 3 aromatic rings. The average Bonchev–Trinajstić information content (AvgIpc) is 3.10. The third-order valence-corrected chi connectivity index (χ3v) is 4.02. The highest BCUT2D eigenvalue weighted by Crippen LogP contribution is 2.32. The van der Waals surface area contributed by atoms with Crippen molar-refractivity contribution in [3.63, 3.8) is 0 Å². The molecule has 0 radical (unpaired) electrons. The first-order valence-electron chi connectivity index (χ1n) is 7.84. The highest BCUT2D eigenvalue weighted by atomic mass is 19.4. The van der Waals surface area contributed by atoms with Gasteiger partial charge in [0.2, 0.25) is 0 Å². The van der Waals surface area contributed by atoms with E-state index in [1.54, 1.807) is 35.8 Å². The number of nitro groups is 1. The van der Waals surface area contributed by atoms with Crippen molar-refractivity contribution in [1.82, 2.24) is 9.55 Å². The van der Waals surface area contributed by atoms with Gasteiger partial charge in [-0.05, 0) is 18.2 Å². The lowest BCUT2D eigenvalue weighted by molar-refractivity contribution is -0.384. The van der Waals surface area contributed by atoms with Crippen molar-refractivity contribution in [3.05, 3.63) is 70.7 Å². The second-order valence-electron chi connectivity index (χ2n) is 6.07. The minimum Gasteiger partial charge on any atom is -0.376 e. The van der Waals surface area contributed by atoms with Gasteiger partial charge >= 0.3 is 6.18 Å². The topological polar surface area (TPSA) is 64.2 Å². The molecular formula is C18H15F3N4O2. The number of imidazole rings is 1. The molecule has 0 aliphatic rings. The molecular weight excluding hydrogens is 361 g/mol. The molecule has 0 bridgehead atoms. The predicted octanol–water partition coefficient (Wildman–Crippen LogP) is 4.53. The van der Waals surface area contributed by atoms with Gasteiger partial charge in [-0.2, -0.15) is 13.2 Å². The molecule has 2 aromatic carbocycles. The maximum absolute atomic E-state index is 12.7. The fourth-order valence-corrected chi connectivity index (χ4v) is 2.64. The normalized spacial score (nSPS) is 11.4. The molecule has 1 heterocycles. The van der Waals surface area contributed by atoms with Gasteiger partial charge in [-0.15, -0.1) is 0 Å². The molecule has 27 heavy (non-hydrogen) atoms. The summed E-state index contributed by atoms with van der Waals surface area (Å²) in [5, 5.41) is 11.1. The molecule has 0 saturated carbocycles. The van der Waals surface area contributed by atoms with E-state index in [-0.39, 0.29) is 5.69 Å². The molecule has 0 unspecified atom stereocenters. The molecule has 0 aliphatic heterocycles. The average molecular weight is 376 g/mol. The summed E-state index contributed by atoms with van der Waals surface area (Å²) in [6.45, 7) is 0. The highest BCUT2D eigenvalue weighted by molar-refractivity contribution is 5.67. The SMILES string of the molecule is CN(C)c1ccc([N+](=O)[O-])cc1-n1cnc(-c2ccc(C(F)(F)F)cc2)c1. The Morgan fingerprint density at radius 2 is 1.78 bits per heavy atom. The number of benzene rings is 2. The summed E-state index contributed by atoms with van der Waals surface area (Å²) in [6, 6.07) is 9.14. The van der Waals surface area contributed by atoms with Crippen LogP contribution in [0.25, 0.3) is 16.9 Å². The van der Waals surface area contributed by atoms with E-state index in [2.05, 4.69) is 4.98 Å². The first-order chi connectivity index (χ1) is 12.7. The summed E-state index contributed by atoms with van der Waals surface area (Å²) in [7, 11) is 3.61. The van der Waals surface area contributed by atoms with Crippen molar-refractivity contribution < 1.29 is 18.1 Å². The number of halogens is 3. The summed E-state index contributed by atoms with van der Waals surface area (Å²) in [4.78, 5) is 16.6. The minimum atomic E-state index is -4.40. The van der Waals surface area contributed by atoms with Gasteiger partial charge in [0.1, 0.15) is 0 Å². The number of rotatable bonds is 4. The zero-order valence-electron chi connectivity index (χ0n) is 14.4. The van der Waals surface area contributed by atoms with Crippen LogP contribution >= 0.6 is 0 Å². The van der Waals surface area contributed by atoms with Gasteiger partial charge in [0, 0.05) is 38.0 Å². The smallest absolute Gasteiger partial charge is 0.376 e. The van der Waals surface area contributed by atoms with Crippen LogP contribution < -0.4 is 4.90 Å². The highest BCUT2D eigenvalue weighted by Gasteiger charge is 2.30. The summed E-state index contributed by atoms with van der Waals surface area (Å²) in [6.07, 6.45) is -1.31. The first-order valence-corrected chi connectivity index (χ1v) is 7.84. The molecule has 0 atom stereocenters. The van der Waals surface area contributed by atoms with Gasteiger partial charge in [0.15, 0.2) is 0 Å². The van der Waals surface area contributed by atoms with E-state index in [1.165, 1.54) is 30.6 Å². The second kappa shape index (κ2) is 6.75. The Bertz CT molecular complexity index is 979. The predicted molar refractivity (Wildman–Crippen MR) is 95.0 cm³/mol. The van der Waals surface area contributed by atoms with Gasteiger partial charge in [-0.1, -0.05) is 12.1 Å². The van der Waals surface area contributed by atoms with Crippen LogP contribution in [0.1, 0.15) is 5.56 Å². The molecule has 0 fully saturated rings. The molecule has 6 nitrogen and oxygen atoms in total. The number of aromatic nitrogens is 2. The third kappa shape index (κ3) is 3.76. The Balaban J connectivity index is 2.01. The van der Waals surface area contributed by atoms with Crippen molar-refractivity contribution in [3.8, 4) is 16.9 Å². The number of nitro benzene ring substituents is 1. The molecule has 1 aromatic heterocycles. The third-order valence-electron chi connectivity index (χ3n) is 4.02. The van der Waals surface area contributed by atoms with Crippen molar-refractivity contribution in [1.29, 1.82) is 0 Å². The number of non-ortho nitro benzene ring substituents is 1. The Hall–Kier alpha value is -3.36. The Kier molecular flexibility index (Phi) is 4.61. The van der Waals surface area contributed by atoms with Crippen LogP contribution in [0.2, 0.25) is 0 Å². The van der Waals surface area contributed by atoms with E-state index < -0.39 is 16.7 Å². The molecule has 0 amide bonds. The van der Waals surface area contributed by atoms with Gasteiger partial charge in [0.25, 0.3) is 5.69 Å². The molecule has 3 rings (SSSR count). The van der Waals surface area contributed by atoms with Gasteiger partial charge in [-0.3, -0.25) is 10.1 Å². The molecule has 0 spiro atoms. The standard InChI is InChI=1S/C18H15F3N4O2/c1-23(2)16-8-7-14(25(26)27)9-17(16)24-10-15(22-11-24)12-3-5-13(6-4-12)18(19,20)21/h3-11H,1-2H3.